The Morgan fingerprint density at radius 2 is 1.93 bits per heavy atom. The molecule has 1 N–H and O–H groups in total. The molecule has 2 aromatic heterocycles. The minimum Gasteiger partial charge on any atom is -0.373 e. The average molecular weight is 373 g/mol. The van der Waals surface area contributed by atoms with Crippen molar-refractivity contribution in [2.45, 2.75) is 31.7 Å². The first kappa shape index (κ1) is 18.6. The second-order valence-electron chi connectivity index (χ2n) is 7.55. The zero-order valence-corrected chi connectivity index (χ0v) is 16.5. The molecule has 144 valence electrons. The Hall–Kier alpha value is -2.72. The molecule has 1 aliphatic heterocycles. The van der Waals surface area contributed by atoms with E-state index in [-0.39, 0.29) is 0 Å². The van der Waals surface area contributed by atoms with Gasteiger partial charge in [0, 0.05) is 55.6 Å². The maximum atomic E-state index is 5.02. The van der Waals surface area contributed by atoms with Crippen molar-refractivity contribution in [3.63, 3.8) is 0 Å². The van der Waals surface area contributed by atoms with Gasteiger partial charge >= 0.3 is 0 Å². The zero-order valence-electron chi connectivity index (χ0n) is 16.5. The Bertz CT molecular complexity index is 894. The summed E-state index contributed by atoms with van der Waals surface area (Å²) < 4.78 is 0. The molecule has 0 bridgehead atoms. The summed E-state index contributed by atoms with van der Waals surface area (Å²) in [6.07, 6.45) is 5.16. The van der Waals surface area contributed by atoms with Crippen LogP contribution in [0.2, 0.25) is 0 Å². The Balaban J connectivity index is 1.45. The minimum absolute atomic E-state index is 0.499. The van der Waals surface area contributed by atoms with Crippen molar-refractivity contribution in [3.8, 4) is 0 Å². The van der Waals surface area contributed by atoms with Crippen LogP contribution >= 0.6 is 0 Å². The van der Waals surface area contributed by atoms with Gasteiger partial charge in [-0.05, 0) is 43.1 Å². The molecule has 0 saturated carbocycles. The number of hydrogen-bond acceptors (Lipinski definition) is 4. The lowest BCUT2D eigenvalue weighted by Crippen LogP contribution is -2.34. The highest BCUT2D eigenvalue weighted by molar-refractivity contribution is 5.42. The first-order valence-corrected chi connectivity index (χ1v) is 10.2. The molecular formula is C24H28N4. The van der Waals surface area contributed by atoms with Crippen molar-refractivity contribution in [1.29, 1.82) is 0 Å². The standard InChI is InChI=1S/C24H28N4/c1-25-24-21(10-6-14-26-24)18-28-15-7-11-20(17-28)23-13-5-12-22(27-23)16-19-8-3-2-4-9-19/h2-6,8-10,12-14,20H,7,11,15-18H2,1H3,(H,25,26)/t20-/m0/s1. The van der Waals surface area contributed by atoms with E-state index in [4.69, 9.17) is 4.98 Å². The van der Waals surface area contributed by atoms with E-state index in [0.29, 0.717) is 5.92 Å². The van der Waals surface area contributed by atoms with Gasteiger partial charge in [-0.1, -0.05) is 42.5 Å². The van der Waals surface area contributed by atoms with Crippen LogP contribution in [0.25, 0.3) is 0 Å². The summed E-state index contributed by atoms with van der Waals surface area (Å²) in [4.78, 5) is 12.0. The van der Waals surface area contributed by atoms with Crippen LogP contribution < -0.4 is 5.32 Å². The van der Waals surface area contributed by atoms with Crippen LogP contribution in [0, 0.1) is 0 Å². The highest BCUT2D eigenvalue weighted by Crippen LogP contribution is 2.27. The van der Waals surface area contributed by atoms with E-state index in [1.54, 1.807) is 0 Å². The van der Waals surface area contributed by atoms with Crippen molar-refractivity contribution in [3.05, 3.63) is 89.4 Å². The van der Waals surface area contributed by atoms with Crippen LogP contribution in [0.15, 0.2) is 66.9 Å². The second kappa shape index (κ2) is 8.98. The molecule has 1 aromatic carbocycles. The molecular weight excluding hydrogens is 344 g/mol. The largest absolute Gasteiger partial charge is 0.373 e. The highest BCUT2D eigenvalue weighted by atomic mass is 15.1. The molecule has 0 radical (unpaired) electrons. The first-order valence-electron chi connectivity index (χ1n) is 10.2. The smallest absolute Gasteiger partial charge is 0.130 e. The van der Waals surface area contributed by atoms with E-state index < -0.39 is 0 Å². The van der Waals surface area contributed by atoms with Gasteiger partial charge in [-0.25, -0.2) is 4.98 Å². The number of likely N-dealkylation sites (tertiary alicyclic amines) is 1. The van der Waals surface area contributed by atoms with Crippen LogP contribution in [0.5, 0.6) is 0 Å². The summed E-state index contributed by atoms with van der Waals surface area (Å²) in [5.74, 6) is 1.48. The van der Waals surface area contributed by atoms with Crippen LogP contribution in [0.1, 0.15) is 41.3 Å². The summed E-state index contributed by atoms with van der Waals surface area (Å²) in [7, 11) is 1.94. The van der Waals surface area contributed by atoms with Crippen LogP contribution in [0.3, 0.4) is 0 Å². The Kier molecular flexibility index (Phi) is 5.98. The van der Waals surface area contributed by atoms with Crippen LogP contribution in [-0.4, -0.2) is 35.0 Å². The lowest BCUT2D eigenvalue weighted by molar-refractivity contribution is 0.198. The fourth-order valence-corrected chi connectivity index (χ4v) is 4.10. The molecule has 0 aliphatic carbocycles. The normalized spacial score (nSPS) is 17.4. The molecule has 0 amide bonds. The number of anilines is 1. The molecule has 3 heterocycles. The summed E-state index contributed by atoms with van der Waals surface area (Å²) in [5, 5.41) is 3.21. The lowest BCUT2D eigenvalue weighted by Gasteiger charge is -2.33. The van der Waals surface area contributed by atoms with E-state index in [0.717, 1.165) is 37.6 Å². The summed E-state index contributed by atoms with van der Waals surface area (Å²) >= 11 is 0. The summed E-state index contributed by atoms with van der Waals surface area (Å²) in [6.45, 7) is 3.13. The van der Waals surface area contributed by atoms with Crippen molar-refractivity contribution in [2.75, 3.05) is 25.5 Å². The highest BCUT2D eigenvalue weighted by Gasteiger charge is 2.23. The topological polar surface area (TPSA) is 41.1 Å². The molecule has 4 rings (SSSR count). The SMILES string of the molecule is CNc1ncccc1CN1CCC[C@H](c2cccc(Cc3ccccc3)n2)C1. The molecule has 1 aliphatic rings. The monoisotopic (exact) mass is 372 g/mol. The Morgan fingerprint density at radius 3 is 2.79 bits per heavy atom. The molecule has 28 heavy (non-hydrogen) atoms. The van der Waals surface area contributed by atoms with Crippen LogP contribution in [0.4, 0.5) is 5.82 Å². The lowest BCUT2D eigenvalue weighted by atomic mass is 9.93. The molecule has 1 atom stereocenters. The maximum absolute atomic E-state index is 5.02. The van der Waals surface area contributed by atoms with Crippen molar-refractivity contribution < 1.29 is 0 Å². The quantitative estimate of drug-likeness (QED) is 0.692. The number of rotatable bonds is 6. The molecule has 0 unspecified atom stereocenters. The van der Waals surface area contributed by atoms with E-state index in [1.807, 2.05) is 19.3 Å². The third-order valence-corrected chi connectivity index (χ3v) is 5.50. The number of hydrogen-bond donors (Lipinski definition) is 1. The summed E-state index contributed by atoms with van der Waals surface area (Å²) in [5.41, 5.74) is 4.97. The number of pyridine rings is 2. The average Bonchev–Trinajstić information content (AvgIpc) is 2.75. The molecule has 4 nitrogen and oxygen atoms in total. The van der Waals surface area contributed by atoms with Crippen molar-refractivity contribution in [2.24, 2.45) is 0 Å². The van der Waals surface area contributed by atoms with Crippen molar-refractivity contribution >= 4 is 5.82 Å². The van der Waals surface area contributed by atoms with E-state index in [2.05, 4.69) is 69.8 Å². The number of benzene rings is 1. The van der Waals surface area contributed by atoms with Crippen LogP contribution in [-0.2, 0) is 13.0 Å². The van der Waals surface area contributed by atoms with Gasteiger partial charge < -0.3 is 5.32 Å². The van der Waals surface area contributed by atoms with Crippen molar-refractivity contribution in [1.82, 2.24) is 14.9 Å². The molecule has 4 heteroatoms. The van der Waals surface area contributed by atoms with E-state index in [1.165, 1.54) is 29.7 Å². The third kappa shape index (κ3) is 4.57. The zero-order chi connectivity index (χ0) is 19.2. The molecule has 1 saturated heterocycles. The van der Waals surface area contributed by atoms with Gasteiger partial charge in [0.1, 0.15) is 5.82 Å². The predicted molar refractivity (Wildman–Crippen MR) is 115 cm³/mol. The van der Waals surface area contributed by atoms with Gasteiger partial charge in [0.15, 0.2) is 0 Å². The molecule has 1 fully saturated rings. The van der Waals surface area contributed by atoms with E-state index >= 15 is 0 Å². The molecule has 3 aromatic rings. The predicted octanol–water partition coefficient (Wildman–Crippen LogP) is 4.49. The number of nitrogens with zero attached hydrogens (tertiary/aromatic N) is 3. The number of piperidine rings is 1. The number of nitrogens with one attached hydrogen (secondary N) is 1. The van der Waals surface area contributed by atoms with Gasteiger partial charge in [0.25, 0.3) is 0 Å². The number of aromatic nitrogens is 2. The minimum atomic E-state index is 0.499. The third-order valence-electron chi connectivity index (χ3n) is 5.50. The second-order valence-corrected chi connectivity index (χ2v) is 7.55. The Morgan fingerprint density at radius 1 is 1.04 bits per heavy atom. The van der Waals surface area contributed by atoms with Gasteiger partial charge in [0.05, 0.1) is 0 Å². The maximum Gasteiger partial charge on any atom is 0.130 e. The summed E-state index contributed by atoms with van der Waals surface area (Å²) in [6, 6.07) is 21.3. The fraction of sp³-hybridized carbons (Fsp3) is 0.333. The van der Waals surface area contributed by atoms with Gasteiger partial charge in [-0.3, -0.25) is 9.88 Å². The van der Waals surface area contributed by atoms with E-state index in [9.17, 15) is 0 Å². The molecule has 0 spiro atoms. The first-order chi connectivity index (χ1) is 13.8. The van der Waals surface area contributed by atoms with Gasteiger partial charge in [-0.2, -0.15) is 0 Å². The van der Waals surface area contributed by atoms with Gasteiger partial charge in [-0.15, -0.1) is 0 Å². The van der Waals surface area contributed by atoms with Gasteiger partial charge in [0.2, 0.25) is 0 Å². The Labute approximate surface area is 167 Å². The fourth-order valence-electron chi connectivity index (χ4n) is 4.10.